The van der Waals surface area contributed by atoms with E-state index in [1.165, 1.54) is 57.8 Å². The van der Waals surface area contributed by atoms with Crippen LogP contribution in [-0.4, -0.2) is 75.5 Å². The zero-order chi connectivity index (χ0) is 43.5. The van der Waals surface area contributed by atoms with E-state index in [9.17, 15) is 19.5 Å². The molecule has 0 aromatic rings. The number of rotatable bonds is 41. The summed E-state index contributed by atoms with van der Waals surface area (Å²) in [7, 11) is 5.40. The molecular formula is C51H87NO7. The predicted octanol–water partition coefficient (Wildman–Crippen LogP) is 11.8. The first-order valence-corrected chi connectivity index (χ1v) is 23.5. The molecule has 0 radical (unpaired) electrons. The highest BCUT2D eigenvalue weighted by molar-refractivity contribution is 5.70. The Hall–Kier alpha value is -3.23. The summed E-state index contributed by atoms with van der Waals surface area (Å²) in [6.07, 6.45) is 52.1. The molecule has 0 aliphatic rings. The van der Waals surface area contributed by atoms with E-state index in [0.717, 1.165) is 89.9 Å². The van der Waals surface area contributed by atoms with Gasteiger partial charge in [-0.3, -0.25) is 9.59 Å². The second-order valence-corrected chi connectivity index (χ2v) is 16.6. The lowest BCUT2D eigenvalue weighted by atomic mass is 10.1. The van der Waals surface area contributed by atoms with E-state index in [4.69, 9.17) is 14.2 Å². The van der Waals surface area contributed by atoms with Crippen LogP contribution in [0.15, 0.2) is 72.9 Å². The normalized spacial score (nSPS) is 13.6. The number of carbonyl (C=O) groups is 3. The van der Waals surface area contributed by atoms with Crippen LogP contribution in [-0.2, 0) is 28.6 Å². The van der Waals surface area contributed by atoms with Crippen molar-refractivity contribution in [3.8, 4) is 0 Å². The Kier molecular flexibility index (Phi) is 39.2. The second-order valence-electron chi connectivity index (χ2n) is 16.6. The topological polar surface area (TPSA) is 102 Å². The van der Waals surface area contributed by atoms with Crippen molar-refractivity contribution in [1.29, 1.82) is 0 Å². The molecular weight excluding hydrogens is 739 g/mol. The maximum absolute atomic E-state index is 12.7. The van der Waals surface area contributed by atoms with Crippen molar-refractivity contribution < 1.29 is 38.2 Å². The van der Waals surface area contributed by atoms with Crippen LogP contribution >= 0.6 is 0 Å². The molecule has 0 saturated carbocycles. The van der Waals surface area contributed by atoms with Crippen LogP contribution in [0.5, 0.6) is 0 Å². The number of carboxylic acid groups (broad SMARTS) is 1. The average molecular weight is 826 g/mol. The molecule has 0 aliphatic heterocycles. The Morgan fingerprint density at radius 1 is 0.525 bits per heavy atom. The Morgan fingerprint density at radius 3 is 1.42 bits per heavy atom. The molecule has 59 heavy (non-hydrogen) atoms. The van der Waals surface area contributed by atoms with Crippen molar-refractivity contribution in [3.05, 3.63) is 72.9 Å². The standard InChI is InChI=1S/C51H87NO7/c1-6-8-10-12-14-16-18-20-21-22-23-24-25-26-27-28-29-30-32-33-35-37-39-41-49(53)58-46-47(45-57-44-43-48(51(55)56)52(3,4)5)59-50(54)42-40-38-36-34-31-19-17-15-13-11-9-7-2/h8,10,14-17,20-21,23-24,26-27,47-48H,6-7,9,11-13,18-19,22,25,28-46H2,1-5H3/b10-8+,16-14+,17-15+,21-20+,24-23+,27-26+. The zero-order valence-corrected chi connectivity index (χ0v) is 38.4. The molecule has 0 bridgehead atoms. The molecule has 2 unspecified atom stereocenters. The van der Waals surface area contributed by atoms with Gasteiger partial charge in [-0.15, -0.1) is 0 Å². The lowest BCUT2D eigenvalue weighted by Crippen LogP contribution is -2.55. The summed E-state index contributed by atoms with van der Waals surface area (Å²) in [5.41, 5.74) is 0. The highest BCUT2D eigenvalue weighted by Gasteiger charge is 2.25. The van der Waals surface area contributed by atoms with Crippen LogP contribution < -0.4 is 5.11 Å². The van der Waals surface area contributed by atoms with Gasteiger partial charge in [0, 0.05) is 19.3 Å². The Balaban J connectivity index is 4.28. The molecule has 0 saturated heterocycles. The van der Waals surface area contributed by atoms with Crippen LogP contribution in [0.1, 0.15) is 181 Å². The number of aliphatic carboxylic acids is 1. The maximum atomic E-state index is 12.7. The number of unbranched alkanes of at least 4 members (excludes halogenated alkanes) is 15. The number of carboxylic acids is 1. The highest BCUT2D eigenvalue weighted by atomic mass is 16.6. The number of allylic oxidation sites excluding steroid dienone is 12. The van der Waals surface area contributed by atoms with E-state index in [2.05, 4.69) is 86.8 Å². The van der Waals surface area contributed by atoms with Crippen molar-refractivity contribution in [3.63, 3.8) is 0 Å². The van der Waals surface area contributed by atoms with Gasteiger partial charge in [-0.2, -0.15) is 0 Å². The van der Waals surface area contributed by atoms with E-state index in [-0.39, 0.29) is 42.7 Å². The lowest BCUT2D eigenvalue weighted by molar-refractivity contribution is -0.889. The summed E-state index contributed by atoms with van der Waals surface area (Å²) in [4.78, 5) is 36.9. The Labute approximate surface area is 361 Å². The van der Waals surface area contributed by atoms with E-state index in [0.29, 0.717) is 12.8 Å². The fourth-order valence-corrected chi connectivity index (χ4v) is 6.44. The zero-order valence-electron chi connectivity index (χ0n) is 38.4. The van der Waals surface area contributed by atoms with Gasteiger partial charge in [-0.25, -0.2) is 0 Å². The average Bonchev–Trinajstić information content (AvgIpc) is 3.19. The summed E-state index contributed by atoms with van der Waals surface area (Å²) < 4.78 is 17.2. The Bertz CT molecular complexity index is 1190. The van der Waals surface area contributed by atoms with E-state index in [1.54, 1.807) is 21.1 Å². The third-order valence-electron chi connectivity index (χ3n) is 10.1. The highest BCUT2D eigenvalue weighted by Crippen LogP contribution is 2.13. The number of hydrogen-bond donors (Lipinski definition) is 0. The van der Waals surface area contributed by atoms with E-state index >= 15 is 0 Å². The molecule has 0 rings (SSSR count). The molecule has 0 fully saturated rings. The number of carbonyl (C=O) groups excluding carboxylic acids is 3. The molecule has 0 heterocycles. The van der Waals surface area contributed by atoms with Crippen molar-refractivity contribution in [1.82, 2.24) is 0 Å². The number of likely N-dealkylation sites (N-methyl/N-ethyl adjacent to an activating group) is 1. The van der Waals surface area contributed by atoms with Crippen molar-refractivity contribution in [2.45, 2.75) is 193 Å². The molecule has 0 spiro atoms. The molecule has 8 nitrogen and oxygen atoms in total. The monoisotopic (exact) mass is 826 g/mol. The molecule has 0 aliphatic carbocycles. The number of esters is 2. The molecule has 0 aromatic heterocycles. The third-order valence-corrected chi connectivity index (χ3v) is 10.1. The number of quaternary nitrogens is 1. The van der Waals surface area contributed by atoms with Gasteiger partial charge in [0.2, 0.25) is 0 Å². The van der Waals surface area contributed by atoms with Gasteiger partial charge in [0.1, 0.15) is 12.6 Å². The van der Waals surface area contributed by atoms with Crippen molar-refractivity contribution >= 4 is 17.9 Å². The minimum Gasteiger partial charge on any atom is -0.544 e. The van der Waals surface area contributed by atoms with Gasteiger partial charge in [-0.1, -0.05) is 151 Å². The van der Waals surface area contributed by atoms with E-state index < -0.39 is 18.1 Å². The quantitative estimate of drug-likeness (QED) is 0.0262. The van der Waals surface area contributed by atoms with Gasteiger partial charge in [0.15, 0.2) is 6.10 Å². The van der Waals surface area contributed by atoms with Crippen molar-refractivity contribution in [2.24, 2.45) is 0 Å². The molecule has 2 atom stereocenters. The summed E-state index contributed by atoms with van der Waals surface area (Å²) in [5.74, 6) is -1.77. The summed E-state index contributed by atoms with van der Waals surface area (Å²) in [6, 6.07) is -0.731. The van der Waals surface area contributed by atoms with Gasteiger partial charge >= 0.3 is 11.9 Å². The van der Waals surface area contributed by atoms with Gasteiger partial charge < -0.3 is 28.6 Å². The predicted molar refractivity (Wildman–Crippen MR) is 245 cm³/mol. The smallest absolute Gasteiger partial charge is 0.306 e. The van der Waals surface area contributed by atoms with E-state index in [1.807, 2.05) is 0 Å². The van der Waals surface area contributed by atoms with Crippen LogP contribution in [0.2, 0.25) is 0 Å². The van der Waals surface area contributed by atoms with Crippen LogP contribution in [0, 0.1) is 0 Å². The van der Waals surface area contributed by atoms with Crippen molar-refractivity contribution in [2.75, 3.05) is 41.0 Å². The second kappa shape index (κ2) is 41.5. The first kappa shape index (κ1) is 55.8. The lowest BCUT2D eigenvalue weighted by Gasteiger charge is -2.34. The minimum absolute atomic E-state index is 0.0307. The SMILES string of the molecule is CC/C=C/C/C=C/C/C=C/C/C=C/C/C=C/CCCCCCCCCC(=O)OCC(COCCC(C(=O)[O-])[N+](C)(C)C)OC(=O)CCCCCCC/C=C/CCCCC. The summed E-state index contributed by atoms with van der Waals surface area (Å²) >= 11 is 0. The first-order chi connectivity index (χ1) is 28.6. The van der Waals surface area contributed by atoms with Crippen LogP contribution in [0.4, 0.5) is 0 Å². The maximum Gasteiger partial charge on any atom is 0.306 e. The molecule has 338 valence electrons. The van der Waals surface area contributed by atoms with Gasteiger partial charge in [0.25, 0.3) is 0 Å². The fourth-order valence-electron chi connectivity index (χ4n) is 6.44. The van der Waals surface area contributed by atoms with Gasteiger partial charge in [0.05, 0.1) is 40.3 Å². The Morgan fingerprint density at radius 2 is 0.949 bits per heavy atom. The minimum atomic E-state index is -1.13. The fraction of sp³-hybridized carbons (Fsp3) is 0.706. The third kappa shape index (κ3) is 40.0. The molecule has 8 heteroatoms. The molecule has 0 N–H and O–H groups in total. The number of hydrogen-bond acceptors (Lipinski definition) is 7. The molecule has 0 amide bonds. The molecule has 0 aromatic carbocycles. The first-order valence-electron chi connectivity index (χ1n) is 23.5. The van der Waals surface area contributed by atoms with Crippen LogP contribution in [0.25, 0.3) is 0 Å². The number of ether oxygens (including phenoxy) is 3. The van der Waals surface area contributed by atoms with Gasteiger partial charge in [-0.05, 0) is 83.5 Å². The summed E-state index contributed by atoms with van der Waals surface area (Å²) in [5, 5.41) is 11.6. The van der Waals surface area contributed by atoms with Crippen LogP contribution in [0.3, 0.4) is 0 Å². The number of nitrogens with zero attached hydrogens (tertiary/aromatic N) is 1. The summed E-state index contributed by atoms with van der Waals surface area (Å²) in [6.45, 7) is 4.49. The largest absolute Gasteiger partial charge is 0.544 e.